The average Bonchev–Trinajstić information content (AvgIpc) is 2.73. The van der Waals surface area contributed by atoms with Crippen LogP contribution in [0, 0.1) is 12.8 Å². The lowest BCUT2D eigenvalue weighted by Crippen LogP contribution is -2.25. The molecule has 1 saturated carbocycles. The van der Waals surface area contributed by atoms with Crippen LogP contribution in [-0.2, 0) is 9.49 Å². The Morgan fingerprint density at radius 1 is 1.50 bits per heavy atom. The Labute approximate surface area is 111 Å². The zero-order chi connectivity index (χ0) is 11.4. The molecule has 0 spiro atoms. The summed E-state index contributed by atoms with van der Waals surface area (Å²) in [6.45, 7) is 1.95. The van der Waals surface area contributed by atoms with Crippen molar-refractivity contribution in [1.82, 2.24) is 5.16 Å². The Morgan fingerprint density at radius 3 is 2.81 bits per heavy atom. The van der Waals surface area contributed by atoms with E-state index < -0.39 is 0 Å². The third-order valence-electron chi connectivity index (χ3n) is 3.37. The van der Waals surface area contributed by atoms with Crippen molar-refractivity contribution in [3.8, 4) is 0 Å². The van der Waals surface area contributed by atoms with Gasteiger partial charge in [0.05, 0.1) is 11.8 Å². The fourth-order valence-corrected chi connectivity index (χ4v) is 3.08. The van der Waals surface area contributed by atoms with Gasteiger partial charge in [-0.25, -0.2) is 0 Å². The minimum Gasteiger partial charge on any atom is -0.361 e. The molecule has 1 fully saturated rings. The molecule has 0 aromatic carbocycles. The van der Waals surface area contributed by atoms with Crippen molar-refractivity contribution in [1.29, 1.82) is 0 Å². The van der Waals surface area contributed by atoms with Crippen molar-refractivity contribution in [3.05, 3.63) is 17.5 Å². The third kappa shape index (κ3) is 3.20. The summed E-state index contributed by atoms with van der Waals surface area (Å²) in [6.07, 6.45) is 7.79. The molecule has 4 heteroatoms. The van der Waals surface area contributed by atoms with Crippen molar-refractivity contribution in [2.24, 2.45) is 5.92 Å². The predicted molar refractivity (Wildman–Crippen MR) is 70.4 cm³/mol. The van der Waals surface area contributed by atoms with Crippen LogP contribution < -0.4 is 0 Å². The van der Waals surface area contributed by atoms with Crippen LogP contribution in [0.3, 0.4) is 0 Å². The smallest absolute Gasteiger partial charge is 0.139 e. The van der Waals surface area contributed by atoms with E-state index in [1.807, 2.05) is 36.0 Å². The normalized spacial score (nSPS) is 19.9. The molecule has 16 heavy (non-hydrogen) atoms. The summed E-state index contributed by atoms with van der Waals surface area (Å²) < 4.78 is 10.8. The Balaban J connectivity index is 1.94. The molecule has 90 valence electrons. The van der Waals surface area contributed by atoms with Crippen LogP contribution in [0.1, 0.15) is 43.6 Å². The van der Waals surface area contributed by atoms with Crippen molar-refractivity contribution < 1.29 is 7.59 Å². The highest BCUT2D eigenvalue weighted by molar-refractivity contribution is 14.1. The van der Waals surface area contributed by atoms with Gasteiger partial charge in [0.15, 0.2) is 0 Å². The van der Waals surface area contributed by atoms with Crippen LogP contribution in [0.2, 0.25) is 0 Å². The van der Waals surface area contributed by atoms with E-state index in [1.165, 1.54) is 32.1 Å². The Bertz CT molecular complexity index is 321. The zero-order valence-electron chi connectivity index (χ0n) is 9.62. The maximum atomic E-state index is 5.59. The molecule has 1 aliphatic rings. The largest absolute Gasteiger partial charge is 0.361 e. The Kier molecular flexibility index (Phi) is 4.64. The van der Waals surface area contributed by atoms with Crippen LogP contribution in [0.15, 0.2) is 10.6 Å². The molecule has 0 aliphatic heterocycles. The molecule has 0 saturated heterocycles. The molecule has 1 aliphatic carbocycles. The first-order valence-electron chi connectivity index (χ1n) is 5.99. The highest BCUT2D eigenvalue weighted by Gasteiger charge is 2.25. The topological polar surface area (TPSA) is 35.3 Å². The molecule has 1 unspecified atom stereocenters. The minimum absolute atomic E-state index is 0.285. The van der Waals surface area contributed by atoms with E-state index in [0.717, 1.165) is 17.9 Å². The molecule has 3 nitrogen and oxygen atoms in total. The maximum Gasteiger partial charge on any atom is 0.139 e. The van der Waals surface area contributed by atoms with Gasteiger partial charge in [0.1, 0.15) is 28.8 Å². The number of halogens is 1. The fraction of sp³-hybridized carbons (Fsp3) is 0.750. The van der Waals surface area contributed by atoms with Crippen LogP contribution in [0.4, 0.5) is 0 Å². The quantitative estimate of drug-likeness (QED) is 0.784. The number of aromatic nitrogens is 1. The summed E-state index contributed by atoms with van der Waals surface area (Å²) in [6, 6.07) is 2.01. The summed E-state index contributed by atoms with van der Waals surface area (Å²) in [5.41, 5.74) is 0.950. The van der Waals surface area contributed by atoms with E-state index in [9.17, 15) is 0 Å². The second-order valence-electron chi connectivity index (χ2n) is 4.66. The number of aryl methyl sites for hydroxylation is 1. The van der Waals surface area contributed by atoms with Gasteiger partial charge in [-0.15, -0.1) is 0 Å². The molecule has 1 aromatic rings. The zero-order valence-corrected chi connectivity index (χ0v) is 11.8. The van der Waals surface area contributed by atoms with E-state index in [4.69, 9.17) is 7.59 Å². The van der Waals surface area contributed by atoms with Gasteiger partial charge < -0.3 is 7.59 Å². The fourth-order valence-electron chi connectivity index (χ4n) is 2.49. The second kappa shape index (κ2) is 6.00. The number of hydrogen-bond donors (Lipinski definition) is 0. The summed E-state index contributed by atoms with van der Waals surface area (Å²) >= 11 is 2.02. The molecule has 1 atom stereocenters. The first-order valence-corrected chi connectivity index (χ1v) is 6.87. The number of nitrogens with zero attached hydrogens (tertiary/aromatic N) is 1. The standard InChI is InChI=1S/C12H18INO2/c1-9-7-11(16-14-9)8-12(15-13)10-5-3-2-4-6-10/h7,10,12H,2-6,8H2,1H3. The molecule has 0 radical (unpaired) electrons. The summed E-state index contributed by atoms with van der Waals surface area (Å²) in [4.78, 5) is 0. The van der Waals surface area contributed by atoms with E-state index in [0.29, 0.717) is 5.92 Å². The van der Waals surface area contributed by atoms with Gasteiger partial charge in [-0.05, 0) is 25.7 Å². The van der Waals surface area contributed by atoms with E-state index in [1.54, 1.807) is 0 Å². The molecule has 1 heterocycles. The van der Waals surface area contributed by atoms with E-state index in [-0.39, 0.29) is 6.10 Å². The third-order valence-corrected chi connectivity index (χ3v) is 4.02. The van der Waals surface area contributed by atoms with E-state index in [2.05, 4.69) is 5.16 Å². The van der Waals surface area contributed by atoms with E-state index >= 15 is 0 Å². The van der Waals surface area contributed by atoms with Gasteiger partial charge >= 0.3 is 0 Å². The summed E-state index contributed by atoms with van der Waals surface area (Å²) in [5.74, 6) is 1.64. The Hall–Kier alpha value is -0.100. The molecule has 0 N–H and O–H groups in total. The van der Waals surface area contributed by atoms with Crippen LogP contribution >= 0.6 is 23.0 Å². The first kappa shape index (κ1) is 12.4. The lowest BCUT2D eigenvalue weighted by molar-refractivity contribution is 0.144. The summed E-state index contributed by atoms with van der Waals surface area (Å²) in [7, 11) is 0. The molecular formula is C12H18INO2. The van der Waals surface area contributed by atoms with Gasteiger partial charge in [0.25, 0.3) is 0 Å². The SMILES string of the molecule is Cc1cc(CC(OI)C2CCCCC2)on1. The van der Waals surface area contributed by atoms with Gasteiger partial charge in [-0.2, -0.15) is 0 Å². The lowest BCUT2D eigenvalue weighted by atomic mass is 9.84. The highest BCUT2D eigenvalue weighted by atomic mass is 127. The van der Waals surface area contributed by atoms with Gasteiger partial charge in [0.2, 0.25) is 0 Å². The molecule has 1 aromatic heterocycles. The van der Waals surface area contributed by atoms with Crippen LogP contribution in [0.25, 0.3) is 0 Å². The summed E-state index contributed by atoms with van der Waals surface area (Å²) in [5, 5.41) is 3.92. The van der Waals surface area contributed by atoms with Gasteiger partial charge in [-0.1, -0.05) is 24.4 Å². The Morgan fingerprint density at radius 2 is 2.25 bits per heavy atom. The van der Waals surface area contributed by atoms with Crippen molar-refractivity contribution in [2.45, 2.75) is 51.6 Å². The minimum atomic E-state index is 0.285. The van der Waals surface area contributed by atoms with Gasteiger partial charge in [-0.3, -0.25) is 0 Å². The van der Waals surface area contributed by atoms with Crippen molar-refractivity contribution in [3.63, 3.8) is 0 Å². The van der Waals surface area contributed by atoms with Gasteiger partial charge in [0, 0.05) is 12.5 Å². The highest BCUT2D eigenvalue weighted by Crippen LogP contribution is 2.30. The average molecular weight is 335 g/mol. The van der Waals surface area contributed by atoms with Crippen LogP contribution in [-0.4, -0.2) is 11.3 Å². The molecule has 0 bridgehead atoms. The van der Waals surface area contributed by atoms with Crippen LogP contribution in [0.5, 0.6) is 0 Å². The molecule has 0 amide bonds. The second-order valence-corrected chi connectivity index (χ2v) is 5.17. The van der Waals surface area contributed by atoms with Crippen molar-refractivity contribution >= 4 is 23.0 Å². The first-order chi connectivity index (χ1) is 7.79. The molecule has 2 rings (SSSR count). The monoisotopic (exact) mass is 335 g/mol. The molecular weight excluding hydrogens is 317 g/mol. The lowest BCUT2D eigenvalue weighted by Gasteiger charge is -2.27. The predicted octanol–water partition coefficient (Wildman–Crippen LogP) is 3.84. The number of rotatable bonds is 4. The number of hydrogen-bond acceptors (Lipinski definition) is 3. The maximum absolute atomic E-state index is 5.59. The van der Waals surface area contributed by atoms with Crippen molar-refractivity contribution in [2.75, 3.05) is 0 Å².